The van der Waals surface area contributed by atoms with Gasteiger partial charge in [0.1, 0.15) is 6.07 Å². The number of hydrogen-bond donors (Lipinski definition) is 1. The highest BCUT2D eigenvalue weighted by Crippen LogP contribution is 2.22. The highest BCUT2D eigenvalue weighted by molar-refractivity contribution is 7.20. The van der Waals surface area contributed by atoms with Gasteiger partial charge in [0, 0.05) is 5.02 Å². The molecule has 1 N–H and O–H groups in total. The van der Waals surface area contributed by atoms with Gasteiger partial charge in [0.2, 0.25) is 0 Å². The summed E-state index contributed by atoms with van der Waals surface area (Å²) in [6.45, 7) is 0. The summed E-state index contributed by atoms with van der Waals surface area (Å²) >= 11 is 7.26. The molecule has 0 aliphatic carbocycles. The molecule has 0 saturated carbocycles. The molecule has 0 fully saturated rings. The minimum Gasteiger partial charge on any atom is -0.277 e. The Kier molecular flexibility index (Phi) is 3.82. The maximum absolute atomic E-state index is 9.25. The third-order valence-corrected chi connectivity index (χ3v) is 4.04. The number of aromatic nitrogens is 1. The van der Waals surface area contributed by atoms with Crippen molar-refractivity contribution in [1.29, 1.82) is 5.26 Å². The molecule has 21 heavy (non-hydrogen) atoms. The number of fused-ring (bicyclic) bond motifs is 1. The van der Waals surface area contributed by atoms with E-state index in [0.29, 0.717) is 10.0 Å². The molecule has 3 rings (SSSR count). The number of nitriles is 1. The van der Waals surface area contributed by atoms with E-state index in [1.807, 2.05) is 24.3 Å². The number of benzene rings is 2. The second-order valence-corrected chi connectivity index (χ2v) is 5.64. The number of halogens is 1. The van der Waals surface area contributed by atoms with Crippen LogP contribution in [-0.4, -0.2) is 10.7 Å². The number of hydrogen-bond acceptors (Lipinski definition) is 5. The lowest BCUT2D eigenvalue weighted by Gasteiger charge is -2.00. The van der Waals surface area contributed by atoms with Crippen LogP contribution in [0.25, 0.3) is 10.2 Å². The maximum Gasteiger partial charge on any atom is 0.196 e. The van der Waals surface area contributed by atoms with Crippen molar-refractivity contribution in [2.24, 2.45) is 5.10 Å². The second-order valence-electron chi connectivity index (χ2n) is 4.18. The first-order valence-electron chi connectivity index (χ1n) is 6.11. The summed E-state index contributed by atoms with van der Waals surface area (Å²) in [7, 11) is 0. The van der Waals surface area contributed by atoms with E-state index in [0.717, 1.165) is 15.9 Å². The monoisotopic (exact) mass is 312 g/mol. The normalized spacial score (nSPS) is 11.3. The molecule has 1 heterocycles. The van der Waals surface area contributed by atoms with Crippen molar-refractivity contribution in [1.82, 2.24) is 4.98 Å². The van der Waals surface area contributed by atoms with E-state index in [9.17, 15) is 5.26 Å². The zero-order chi connectivity index (χ0) is 14.7. The molecular weight excluding hydrogens is 304 g/mol. The zero-order valence-corrected chi connectivity index (χ0v) is 12.3. The topological polar surface area (TPSA) is 61.1 Å². The largest absolute Gasteiger partial charge is 0.277 e. The Hall–Kier alpha value is -2.42. The van der Waals surface area contributed by atoms with E-state index in [2.05, 4.69) is 21.6 Å². The molecular formula is C15H9ClN4S. The predicted octanol–water partition coefficient (Wildman–Crippen LogP) is 4.29. The maximum atomic E-state index is 9.25. The van der Waals surface area contributed by atoms with Crippen LogP contribution in [-0.2, 0) is 0 Å². The predicted molar refractivity (Wildman–Crippen MR) is 86.8 cm³/mol. The lowest BCUT2D eigenvalue weighted by molar-refractivity contribution is 1.32. The van der Waals surface area contributed by atoms with Crippen molar-refractivity contribution in [2.45, 2.75) is 0 Å². The molecule has 102 valence electrons. The van der Waals surface area contributed by atoms with Crippen molar-refractivity contribution >= 4 is 44.6 Å². The molecule has 0 unspecified atom stereocenters. The van der Waals surface area contributed by atoms with Gasteiger partial charge < -0.3 is 0 Å². The van der Waals surface area contributed by atoms with Crippen molar-refractivity contribution in [2.75, 3.05) is 5.43 Å². The lowest BCUT2D eigenvalue weighted by Crippen LogP contribution is -2.01. The van der Waals surface area contributed by atoms with Gasteiger partial charge in [-0.2, -0.15) is 10.4 Å². The number of rotatable bonds is 3. The van der Waals surface area contributed by atoms with E-state index in [1.165, 1.54) is 11.3 Å². The van der Waals surface area contributed by atoms with Gasteiger partial charge >= 0.3 is 0 Å². The Morgan fingerprint density at radius 3 is 2.67 bits per heavy atom. The summed E-state index contributed by atoms with van der Waals surface area (Å²) in [6, 6.07) is 16.9. The fourth-order valence-electron chi connectivity index (χ4n) is 1.74. The first-order valence-corrected chi connectivity index (χ1v) is 7.31. The highest BCUT2D eigenvalue weighted by Gasteiger charge is 2.09. The number of anilines is 1. The Balaban J connectivity index is 1.89. The fourth-order valence-corrected chi connectivity index (χ4v) is 2.77. The number of para-hydroxylation sites is 1. The molecule has 0 bridgehead atoms. The standard InChI is InChI=1S/C15H9ClN4S/c16-10-5-7-11(8-6-10)19-20-13(9-17)15-18-12-3-1-2-4-14(12)21-15/h1-8,19H/b20-13-. The van der Waals surface area contributed by atoms with Crippen LogP contribution in [0.3, 0.4) is 0 Å². The van der Waals surface area contributed by atoms with Crippen molar-refractivity contribution in [3.63, 3.8) is 0 Å². The van der Waals surface area contributed by atoms with E-state index < -0.39 is 0 Å². The Bertz CT molecular complexity index is 813. The van der Waals surface area contributed by atoms with Gasteiger partial charge in [0.25, 0.3) is 0 Å². The van der Waals surface area contributed by atoms with Gasteiger partial charge in [-0.15, -0.1) is 11.3 Å². The first-order chi connectivity index (χ1) is 10.3. The van der Waals surface area contributed by atoms with Crippen molar-refractivity contribution < 1.29 is 0 Å². The molecule has 6 heteroatoms. The van der Waals surface area contributed by atoms with Gasteiger partial charge in [-0.3, -0.25) is 5.43 Å². The molecule has 0 radical (unpaired) electrons. The average molecular weight is 313 g/mol. The summed E-state index contributed by atoms with van der Waals surface area (Å²) in [5, 5.41) is 14.6. The molecule has 3 aromatic rings. The number of nitrogens with zero attached hydrogens (tertiary/aromatic N) is 3. The zero-order valence-electron chi connectivity index (χ0n) is 10.7. The third-order valence-electron chi connectivity index (χ3n) is 2.74. The fraction of sp³-hybridized carbons (Fsp3) is 0. The molecule has 0 amide bonds. The summed E-state index contributed by atoms with van der Waals surface area (Å²) in [6.07, 6.45) is 0. The van der Waals surface area contributed by atoms with E-state index in [-0.39, 0.29) is 5.71 Å². The van der Waals surface area contributed by atoms with Crippen LogP contribution in [0.15, 0.2) is 53.6 Å². The van der Waals surface area contributed by atoms with Crippen LogP contribution < -0.4 is 5.43 Å². The average Bonchev–Trinajstić information content (AvgIpc) is 2.93. The van der Waals surface area contributed by atoms with Crippen LogP contribution >= 0.6 is 22.9 Å². The van der Waals surface area contributed by atoms with E-state index in [1.54, 1.807) is 24.3 Å². The smallest absolute Gasteiger partial charge is 0.196 e. The quantitative estimate of drug-likeness (QED) is 0.579. The third kappa shape index (κ3) is 3.02. The Morgan fingerprint density at radius 1 is 1.19 bits per heavy atom. The van der Waals surface area contributed by atoms with E-state index >= 15 is 0 Å². The van der Waals surface area contributed by atoms with E-state index in [4.69, 9.17) is 11.6 Å². The van der Waals surface area contributed by atoms with Crippen molar-refractivity contribution in [3.8, 4) is 6.07 Å². The Labute approximate surface area is 130 Å². The second kappa shape index (κ2) is 5.92. The summed E-state index contributed by atoms with van der Waals surface area (Å²) in [5.74, 6) is 0. The van der Waals surface area contributed by atoms with Crippen LogP contribution in [0, 0.1) is 11.3 Å². The van der Waals surface area contributed by atoms with Crippen LogP contribution in [0.2, 0.25) is 5.02 Å². The van der Waals surface area contributed by atoms with Gasteiger partial charge in [-0.1, -0.05) is 23.7 Å². The highest BCUT2D eigenvalue weighted by atomic mass is 35.5. The molecule has 0 aliphatic rings. The van der Waals surface area contributed by atoms with Gasteiger partial charge in [-0.05, 0) is 36.4 Å². The first kappa shape index (κ1) is 13.6. The van der Waals surface area contributed by atoms with Crippen LogP contribution in [0.5, 0.6) is 0 Å². The van der Waals surface area contributed by atoms with Gasteiger partial charge in [-0.25, -0.2) is 4.98 Å². The lowest BCUT2D eigenvalue weighted by atomic mass is 10.3. The molecule has 0 spiro atoms. The number of nitrogens with one attached hydrogen (secondary N) is 1. The van der Waals surface area contributed by atoms with Crippen LogP contribution in [0.1, 0.15) is 5.01 Å². The molecule has 0 saturated heterocycles. The Morgan fingerprint density at radius 2 is 1.95 bits per heavy atom. The minimum absolute atomic E-state index is 0.256. The molecule has 1 aromatic heterocycles. The molecule has 0 aliphatic heterocycles. The minimum atomic E-state index is 0.256. The summed E-state index contributed by atoms with van der Waals surface area (Å²) in [5.41, 5.74) is 4.72. The molecule has 4 nitrogen and oxygen atoms in total. The summed E-state index contributed by atoms with van der Waals surface area (Å²) < 4.78 is 1.03. The number of hydrazone groups is 1. The molecule has 0 atom stereocenters. The molecule has 2 aromatic carbocycles. The number of thiazole rings is 1. The summed E-state index contributed by atoms with van der Waals surface area (Å²) in [4.78, 5) is 4.41. The van der Waals surface area contributed by atoms with Crippen molar-refractivity contribution in [3.05, 3.63) is 58.6 Å². The van der Waals surface area contributed by atoms with Crippen LogP contribution in [0.4, 0.5) is 5.69 Å². The van der Waals surface area contributed by atoms with Gasteiger partial charge in [0.05, 0.1) is 15.9 Å². The SMILES string of the molecule is N#C/C(=N/Nc1ccc(Cl)cc1)c1nc2ccccc2s1. The van der Waals surface area contributed by atoms with Gasteiger partial charge in [0.15, 0.2) is 10.7 Å².